The normalized spacial score (nSPS) is 18.4. The number of aromatic nitrogens is 1. The van der Waals surface area contributed by atoms with Gasteiger partial charge in [0, 0.05) is 30.8 Å². The molecule has 1 fully saturated rings. The molecule has 0 spiro atoms. The molecular formula is C11H14N2O2. The molecule has 1 aliphatic heterocycles. The number of carbonyl (C=O) groups excluding carboxylic acids is 1. The van der Waals surface area contributed by atoms with E-state index in [0.29, 0.717) is 11.5 Å². The van der Waals surface area contributed by atoms with Gasteiger partial charge < -0.3 is 10.0 Å². The molecule has 1 aromatic heterocycles. The Morgan fingerprint density at radius 3 is 2.80 bits per heavy atom. The molecule has 0 bridgehead atoms. The SMILES string of the molecule is C[C@@H](O)C1CN(c2ccc(C=O)cn2)C1. The molecule has 0 aromatic carbocycles. The van der Waals surface area contributed by atoms with Crippen LogP contribution in [0, 0.1) is 5.92 Å². The lowest BCUT2D eigenvalue weighted by Crippen LogP contribution is -2.51. The first-order valence-electron chi connectivity index (χ1n) is 5.05. The monoisotopic (exact) mass is 206 g/mol. The van der Waals surface area contributed by atoms with E-state index in [1.807, 2.05) is 13.0 Å². The highest BCUT2D eigenvalue weighted by Gasteiger charge is 2.30. The molecule has 0 unspecified atom stereocenters. The molecule has 0 aliphatic carbocycles. The molecule has 0 amide bonds. The Morgan fingerprint density at radius 1 is 1.60 bits per heavy atom. The summed E-state index contributed by atoms with van der Waals surface area (Å²) in [7, 11) is 0. The van der Waals surface area contributed by atoms with Gasteiger partial charge in [-0.1, -0.05) is 0 Å². The third kappa shape index (κ3) is 1.99. The van der Waals surface area contributed by atoms with Gasteiger partial charge in [-0.15, -0.1) is 0 Å². The lowest BCUT2D eigenvalue weighted by Gasteiger charge is -2.41. The number of aldehydes is 1. The lowest BCUT2D eigenvalue weighted by molar-refractivity contribution is 0.107. The van der Waals surface area contributed by atoms with Crippen LogP contribution in [0.25, 0.3) is 0 Å². The first kappa shape index (κ1) is 10.1. The maximum atomic E-state index is 10.4. The van der Waals surface area contributed by atoms with Crippen molar-refractivity contribution in [3.8, 4) is 0 Å². The molecule has 15 heavy (non-hydrogen) atoms. The second-order valence-electron chi connectivity index (χ2n) is 3.97. The van der Waals surface area contributed by atoms with Crippen molar-refractivity contribution >= 4 is 12.1 Å². The Morgan fingerprint density at radius 2 is 2.33 bits per heavy atom. The molecule has 1 aliphatic rings. The van der Waals surface area contributed by atoms with E-state index >= 15 is 0 Å². The lowest BCUT2D eigenvalue weighted by atomic mass is 9.95. The van der Waals surface area contributed by atoms with E-state index < -0.39 is 0 Å². The number of pyridine rings is 1. The first-order chi connectivity index (χ1) is 7.20. The maximum absolute atomic E-state index is 10.4. The van der Waals surface area contributed by atoms with Crippen LogP contribution in [0.5, 0.6) is 0 Å². The van der Waals surface area contributed by atoms with E-state index in [0.717, 1.165) is 25.2 Å². The van der Waals surface area contributed by atoms with E-state index in [1.165, 1.54) is 0 Å². The predicted octanol–water partition coefficient (Wildman–Crippen LogP) is 0.711. The number of aliphatic hydroxyl groups is 1. The molecule has 4 heteroatoms. The molecule has 2 heterocycles. The van der Waals surface area contributed by atoms with Crippen LogP contribution in [0.15, 0.2) is 18.3 Å². The number of hydrogen-bond acceptors (Lipinski definition) is 4. The van der Waals surface area contributed by atoms with Crippen LogP contribution in [-0.4, -0.2) is 35.6 Å². The quantitative estimate of drug-likeness (QED) is 0.740. The molecule has 2 rings (SSSR count). The topological polar surface area (TPSA) is 53.4 Å². The Kier molecular flexibility index (Phi) is 2.68. The highest BCUT2D eigenvalue weighted by Crippen LogP contribution is 2.24. The van der Waals surface area contributed by atoms with Crippen molar-refractivity contribution in [1.29, 1.82) is 0 Å². The van der Waals surface area contributed by atoms with Gasteiger partial charge in [0.15, 0.2) is 6.29 Å². The van der Waals surface area contributed by atoms with Crippen molar-refractivity contribution in [3.05, 3.63) is 23.9 Å². The van der Waals surface area contributed by atoms with Crippen LogP contribution < -0.4 is 4.90 Å². The number of nitrogens with zero attached hydrogens (tertiary/aromatic N) is 2. The van der Waals surface area contributed by atoms with Gasteiger partial charge in [-0.2, -0.15) is 0 Å². The summed E-state index contributed by atoms with van der Waals surface area (Å²) in [6.45, 7) is 3.49. The third-order valence-electron chi connectivity index (χ3n) is 2.82. The Balaban J connectivity index is 1.98. The van der Waals surface area contributed by atoms with Gasteiger partial charge in [0.05, 0.1) is 6.10 Å². The van der Waals surface area contributed by atoms with Crippen LogP contribution >= 0.6 is 0 Å². The first-order valence-corrected chi connectivity index (χ1v) is 5.05. The summed E-state index contributed by atoms with van der Waals surface area (Å²) in [5, 5.41) is 9.33. The van der Waals surface area contributed by atoms with Gasteiger partial charge in [0.25, 0.3) is 0 Å². The average molecular weight is 206 g/mol. The highest BCUT2D eigenvalue weighted by molar-refractivity contribution is 5.74. The summed E-state index contributed by atoms with van der Waals surface area (Å²) in [5.41, 5.74) is 0.589. The van der Waals surface area contributed by atoms with Crippen LogP contribution in [0.3, 0.4) is 0 Å². The summed E-state index contributed by atoms with van der Waals surface area (Å²) >= 11 is 0. The van der Waals surface area contributed by atoms with Gasteiger partial charge >= 0.3 is 0 Å². The summed E-state index contributed by atoms with van der Waals surface area (Å²) < 4.78 is 0. The minimum Gasteiger partial charge on any atom is -0.393 e. The third-order valence-corrected chi connectivity index (χ3v) is 2.82. The van der Waals surface area contributed by atoms with E-state index in [9.17, 15) is 9.90 Å². The molecule has 80 valence electrons. The number of rotatable bonds is 3. The van der Waals surface area contributed by atoms with Crippen LogP contribution in [-0.2, 0) is 0 Å². The number of aliphatic hydroxyl groups excluding tert-OH is 1. The van der Waals surface area contributed by atoms with Gasteiger partial charge in [0.2, 0.25) is 0 Å². The molecule has 1 aromatic rings. The molecule has 0 radical (unpaired) electrons. The van der Waals surface area contributed by atoms with Crippen molar-refractivity contribution < 1.29 is 9.90 Å². The Hall–Kier alpha value is -1.42. The van der Waals surface area contributed by atoms with E-state index in [1.54, 1.807) is 12.3 Å². The van der Waals surface area contributed by atoms with Crippen molar-refractivity contribution in [2.24, 2.45) is 5.92 Å². The molecular weight excluding hydrogens is 192 g/mol. The highest BCUT2D eigenvalue weighted by atomic mass is 16.3. The fraction of sp³-hybridized carbons (Fsp3) is 0.455. The second kappa shape index (κ2) is 3.98. The summed E-state index contributed by atoms with van der Waals surface area (Å²) in [6.07, 6.45) is 2.10. The van der Waals surface area contributed by atoms with Crippen molar-refractivity contribution in [1.82, 2.24) is 4.98 Å². The van der Waals surface area contributed by atoms with Gasteiger partial charge in [-0.05, 0) is 19.1 Å². The zero-order chi connectivity index (χ0) is 10.8. The minimum absolute atomic E-state index is 0.254. The fourth-order valence-electron chi connectivity index (χ4n) is 1.66. The molecule has 0 saturated carbocycles. The standard InChI is InChI=1S/C11H14N2O2/c1-8(15)10-5-13(6-10)11-3-2-9(7-14)4-12-11/h2-4,7-8,10,15H,5-6H2,1H3/t8-/m1/s1. The Bertz CT molecular complexity index is 342. The summed E-state index contributed by atoms with van der Waals surface area (Å²) in [5.74, 6) is 1.22. The maximum Gasteiger partial charge on any atom is 0.151 e. The average Bonchev–Trinajstić information content (AvgIpc) is 2.16. The van der Waals surface area contributed by atoms with Crippen molar-refractivity contribution in [2.45, 2.75) is 13.0 Å². The molecule has 1 saturated heterocycles. The second-order valence-corrected chi connectivity index (χ2v) is 3.97. The van der Waals surface area contributed by atoms with E-state index in [2.05, 4.69) is 9.88 Å². The van der Waals surface area contributed by atoms with Crippen LogP contribution in [0.4, 0.5) is 5.82 Å². The zero-order valence-corrected chi connectivity index (χ0v) is 8.63. The fourth-order valence-corrected chi connectivity index (χ4v) is 1.66. The van der Waals surface area contributed by atoms with Gasteiger partial charge in [0.1, 0.15) is 5.82 Å². The van der Waals surface area contributed by atoms with Crippen molar-refractivity contribution in [2.75, 3.05) is 18.0 Å². The predicted molar refractivity (Wildman–Crippen MR) is 57.0 cm³/mol. The van der Waals surface area contributed by atoms with Crippen molar-refractivity contribution in [3.63, 3.8) is 0 Å². The largest absolute Gasteiger partial charge is 0.393 e. The van der Waals surface area contributed by atoms with E-state index in [4.69, 9.17) is 0 Å². The van der Waals surface area contributed by atoms with Crippen LogP contribution in [0.1, 0.15) is 17.3 Å². The smallest absolute Gasteiger partial charge is 0.151 e. The molecule has 4 nitrogen and oxygen atoms in total. The molecule has 1 N–H and O–H groups in total. The van der Waals surface area contributed by atoms with Gasteiger partial charge in [-0.25, -0.2) is 4.98 Å². The van der Waals surface area contributed by atoms with Gasteiger partial charge in [-0.3, -0.25) is 4.79 Å². The number of anilines is 1. The van der Waals surface area contributed by atoms with E-state index in [-0.39, 0.29) is 6.10 Å². The zero-order valence-electron chi connectivity index (χ0n) is 8.63. The summed E-state index contributed by atoms with van der Waals surface area (Å²) in [4.78, 5) is 16.7. The van der Waals surface area contributed by atoms with Crippen LogP contribution in [0.2, 0.25) is 0 Å². The molecule has 1 atom stereocenters. The number of carbonyl (C=O) groups is 1. The Labute approximate surface area is 88.6 Å². The minimum atomic E-state index is -0.254. The number of hydrogen-bond donors (Lipinski definition) is 1. The summed E-state index contributed by atoms with van der Waals surface area (Å²) in [6, 6.07) is 3.59.